The van der Waals surface area contributed by atoms with E-state index in [9.17, 15) is 9.50 Å². The lowest BCUT2D eigenvalue weighted by Crippen LogP contribution is -2.49. The van der Waals surface area contributed by atoms with Crippen molar-refractivity contribution >= 4 is 5.69 Å². The minimum absolute atomic E-state index is 0.283. The Labute approximate surface area is 159 Å². The Balaban J connectivity index is 1.26. The Morgan fingerprint density at radius 1 is 0.926 bits per heavy atom. The van der Waals surface area contributed by atoms with Crippen LogP contribution in [-0.4, -0.2) is 68.7 Å². The summed E-state index contributed by atoms with van der Waals surface area (Å²) in [5.41, 5.74) is 1.25. The van der Waals surface area contributed by atoms with Crippen molar-refractivity contribution in [2.24, 2.45) is 0 Å². The number of β-amino-alcohol motifs (C(OH)–C–C–N with tert-alkyl or cyclic N) is 1. The van der Waals surface area contributed by atoms with Crippen LogP contribution in [0, 0.1) is 5.82 Å². The van der Waals surface area contributed by atoms with Crippen molar-refractivity contribution in [1.82, 2.24) is 4.90 Å². The summed E-state index contributed by atoms with van der Waals surface area (Å²) in [7, 11) is 0. The van der Waals surface area contributed by atoms with Crippen molar-refractivity contribution in [3.05, 3.63) is 60.4 Å². The van der Waals surface area contributed by atoms with Gasteiger partial charge in [0.2, 0.25) is 0 Å². The molecule has 0 saturated carbocycles. The molecule has 1 unspecified atom stereocenters. The van der Waals surface area contributed by atoms with E-state index in [1.165, 1.54) is 17.8 Å². The van der Waals surface area contributed by atoms with Crippen LogP contribution >= 0.6 is 0 Å². The number of aliphatic hydroxyl groups excluding tert-OH is 1. The lowest BCUT2D eigenvalue weighted by atomic mass is 10.2. The van der Waals surface area contributed by atoms with E-state index in [1.54, 1.807) is 12.1 Å². The molecule has 0 aliphatic carbocycles. The van der Waals surface area contributed by atoms with Gasteiger partial charge in [-0.15, -0.1) is 0 Å². The molecule has 0 spiro atoms. The van der Waals surface area contributed by atoms with Gasteiger partial charge in [-0.25, -0.2) is 4.39 Å². The van der Waals surface area contributed by atoms with Crippen LogP contribution in [0.4, 0.5) is 10.1 Å². The van der Waals surface area contributed by atoms with Crippen molar-refractivity contribution in [2.45, 2.75) is 6.10 Å². The van der Waals surface area contributed by atoms with Gasteiger partial charge in [0.25, 0.3) is 0 Å². The number of piperazine rings is 1. The fourth-order valence-electron chi connectivity index (χ4n) is 3.15. The molecule has 0 bridgehead atoms. The molecular formula is C21H27FN2O3. The molecule has 2 aromatic rings. The number of anilines is 1. The summed E-state index contributed by atoms with van der Waals surface area (Å²) in [6.45, 7) is 5.43. The molecule has 1 heterocycles. The normalized spacial score (nSPS) is 16.3. The minimum atomic E-state index is -0.515. The lowest BCUT2D eigenvalue weighted by Gasteiger charge is -2.36. The summed E-state index contributed by atoms with van der Waals surface area (Å²) in [5, 5.41) is 10.2. The van der Waals surface area contributed by atoms with Gasteiger partial charge < -0.3 is 19.5 Å². The number of nitrogens with zero attached hydrogens (tertiary/aromatic N) is 2. The van der Waals surface area contributed by atoms with Gasteiger partial charge in [0, 0.05) is 38.4 Å². The summed E-state index contributed by atoms with van der Waals surface area (Å²) in [6.07, 6.45) is -0.515. The SMILES string of the molecule is OC(COCCOc1ccc(F)cc1)CN1CCN(c2ccccc2)CC1. The molecule has 0 aromatic heterocycles. The monoisotopic (exact) mass is 374 g/mol. The molecule has 146 valence electrons. The lowest BCUT2D eigenvalue weighted by molar-refractivity contribution is 0.00717. The minimum Gasteiger partial charge on any atom is -0.491 e. The number of hydrogen-bond acceptors (Lipinski definition) is 5. The zero-order chi connectivity index (χ0) is 18.9. The standard InChI is InChI=1S/C21H27FN2O3/c22-18-6-8-21(9-7-18)27-15-14-26-17-20(25)16-23-10-12-24(13-11-23)19-4-2-1-3-5-19/h1-9,20,25H,10-17H2. The Hall–Kier alpha value is -2.15. The summed E-state index contributed by atoms with van der Waals surface area (Å²) in [4.78, 5) is 4.63. The van der Waals surface area contributed by atoms with E-state index in [2.05, 4.69) is 34.1 Å². The summed E-state index contributed by atoms with van der Waals surface area (Å²) >= 11 is 0. The smallest absolute Gasteiger partial charge is 0.123 e. The molecule has 1 fully saturated rings. The highest BCUT2D eigenvalue weighted by molar-refractivity contribution is 5.46. The van der Waals surface area contributed by atoms with Crippen LogP contribution in [-0.2, 0) is 4.74 Å². The first-order valence-electron chi connectivity index (χ1n) is 9.37. The molecule has 1 saturated heterocycles. The van der Waals surface area contributed by atoms with E-state index in [4.69, 9.17) is 9.47 Å². The highest BCUT2D eigenvalue weighted by Gasteiger charge is 2.19. The predicted molar refractivity (Wildman–Crippen MR) is 104 cm³/mol. The molecule has 27 heavy (non-hydrogen) atoms. The van der Waals surface area contributed by atoms with E-state index in [0.717, 1.165) is 26.2 Å². The largest absolute Gasteiger partial charge is 0.491 e. The van der Waals surface area contributed by atoms with E-state index >= 15 is 0 Å². The molecule has 1 atom stereocenters. The van der Waals surface area contributed by atoms with E-state index < -0.39 is 6.10 Å². The van der Waals surface area contributed by atoms with Crippen molar-refractivity contribution in [3.63, 3.8) is 0 Å². The highest BCUT2D eigenvalue weighted by atomic mass is 19.1. The van der Waals surface area contributed by atoms with Gasteiger partial charge in [-0.1, -0.05) is 18.2 Å². The van der Waals surface area contributed by atoms with Gasteiger partial charge in [0.15, 0.2) is 0 Å². The van der Waals surface area contributed by atoms with Crippen molar-refractivity contribution < 1.29 is 19.0 Å². The maximum absolute atomic E-state index is 12.8. The quantitative estimate of drug-likeness (QED) is 0.683. The third-order valence-electron chi connectivity index (χ3n) is 4.58. The molecule has 0 radical (unpaired) electrons. The molecular weight excluding hydrogens is 347 g/mol. The summed E-state index contributed by atoms with van der Waals surface area (Å²) in [6, 6.07) is 16.3. The number of halogens is 1. The molecule has 2 aromatic carbocycles. The number of hydrogen-bond donors (Lipinski definition) is 1. The van der Waals surface area contributed by atoms with Gasteiger partial charge in [-0.3, -0.25) is 4.90 Å². The second-order valence-electron chi connectivity index (χ2n) is 6.65. The fraction of sp³-hybridized carbons (Fsp3) is 0.429. The van der Waals surface area contributed by atoms with Crippen LogP contribution in [0.3, 0.4) is 0 Å². The third-order valence-corrected chi connectivity index (χ3v) is 4.58. The Morgan fingerprint density at radius 2 is 1.63 bits per heavy atom. The number of para-hydroxylation sites is 1. The van der Waals surface area contributed by atoms with E-state index in [-0.39, 0.29) is 12.4 Å². The summed E-state index contributed by atoms with van der Waals surface area (Å²) in [5.74, 6) is 0.322. The van der Waals surface area contributed by atoms with E-state index in [1.807, 2.05) is 6.07 Å². The Kier molecular flexibility index (Phi) is 7.45. The zero-order valence-corrected chi connectivity index (χ0v) is 15.5. The van der Waals surface area contributed by atoms with Crippen molar-refractivity contribution in [2.75, 3.05) is 57.4 Å². The maximum atomic E-state index is 12.8. The molecule has 3 rings (SSSR count). The Morgan fingerprint density at radius 3 is 2.33 bits per heavy atom. The predicted octanol–water partition coefficient (Wildman–Crippen LogP) is 2.40. The van der Waals surface area contributed by atoms with Gasteiger partial charge in [-0.05, 0) is 36.4 Å². The molecule has 1 N–H and O–H groups in total. The van der Waals surface area contributed by atoms with Crippen LogP contribution in [0.15, 0.2) is 54.6 Å². The van der Waals surface area contributed by atoms with Gasteiger partial charge in [0.1, 0.15) is 18.2 Å². The maximum Gasteiger partial charge on any atom is 0.123 e. The number of rotatable bonds is 9. The molecule has 0 amide bonds. The third kappa shape index (κ3) is 6.50. The van der Waals surface area contributed by atoms with Crippen molar-refractivity contribution in [1.29, 1.82) is 0 Å². The number of benzene rings is 2. The molecule has 5 nitrogen and oxygen atoms in total. The topological polar surface area (TPSA) is 45.2 Å². The zero-order valence-electron chi connectivity index (χ0n) is 15.5. The average Bonchev–Trinajstić information content (AvgIpc) is 2.70. The van der Waals surface area contributed by atoms with Gasteiger partial charge in [0.05, 0.1) is 19.3 Å². The second kappa shape index (κ2) is 10.3. The van der Waals surface area contributed by atoms with Crippen LogP contribution in [0.5, 0.6) is 5.75 Å². The first-order chi connectivity index (χ1) is 13.2. The van der Waals surface area contributed by atoms with Crippen LogP contribution < -0.4 is 9.64 Å². The number of ether oxygens (including phenoxy) is 2. The van der Waals surface area contributed by atoms with Crippen LogP contribution in [0.1, 0.15) is 0 Å². The molecule has 1 aliphatic heterocycles. The fourth-order valence-corrected chi connectivity index (χ4v) is 3.15. The number of aliphatic hydroxyl groups is 1. The Bertz CT molecular complexity index is 661. The highest BCUT2D eigenvalue weighted by Crippen LogP contribution is 2.15. The first kappa shape index (κ1) is 19.6. The second-order valence-corrected chi connectivity index (χ2v) is 6.65. The molecule has 1 aliphatic rings. The van der Waals surface area contributed by atoms with Gasteiger partial charge in [-0.2, -0.15) is 0 Å². The van der Waals surface area contributed by atoms with Crippen LogP contribution in [0.2, 0.25) is 0 Å². The molecule has 6 heteroatoms. The van der Waals surface area contributed by atoms with Gasteiger partial charge >= 0.3 is 0 Å². The van der Waals surface area contributed by atoms with Crippen molar-refractivity contribution in [3.8, 4) is 5.75 Å². The average molecular weight is 374 g/mol. The van der Waals surface area contributed by atoms with E-state index in [0.29, 0.717) is 25.5 Å². The first-order valence-corrected chi connectivity index (χ1v) is 9.37. The summed E-state index contributed by atoms with van der Waals surface area (Å²) < 4.78 is 23.7. The van der Waals surface area contributed by atoms with Crippen LogP contribution in [0.25, 0.3) is 0 Å².